The molecule has 0 aliphatic carbocycles. The van der Waals surface area contributed by atoms with E-state index < -0.39 is 0 Å². The summed E-state index contributed by atoms with van der Waals surface area (Å²) < 4.78 is 0. The minimum atomic E-state index is -0.0214. The number of hydrogen-bond acceptors (Lipinski definition) is 2. The lowest BCUT2D eigenvalue weighted by Gasteiger charge is -2.14. The Balaban J connectivity index is 1.81. The van der Waals surface area contributed by atoms with Crippen molar-refractivity contribution >= 4 is 17.2 Å². The van der Waals surface area contributed by atoms with Crippen molar-refractivity contribution in [1.29, 1.82) is 0 Å². The SMILES string of the molecule is Cc1ccc(-c2ccsc2C(=O)N[C@H](C)c2ccccc2)cc1. The largest absolute Gasteiger partial charge is 0.345 e. The van der Waals surface area contributed by atoms with Gasteiger partial charge >= 0.3 is 0 Å². The maximum Gasteiger partial charge on any atom is 0.262 e. The van der Waals surface area contributed by atoms with E-state index in [0.29, 0.717) is 0 Å². The van der Waals surface area contributed by atoms with Gasteiger partial charge in [0, 0.05) is 5.56 Å². The van der Waals surface area contributed by atoms with Gasteiger partial charge in [0.15, 0.2) is 0 Å². The van der Waals surface area contributed by atoms with Gasteiger partial charge in [0.25, 0.3) is 5.91 Å². The highest BCUT2D eigenvalue weighted by atomic mass is 32.1. The highest BCUT2D eigenvalue weighted by molar-refractivity contribution is 7.12. The normalized spacial score (nSPS) is 11.9. The molecule has 0 saturated carbocycles. The van der Waals surface area contributed by atoms with Crippen LogP contribution in [-0.4, -0.2) is 5.91 Å². The average molecular weight is 321 g/mol. The summed E-state index contributed by atoms with van der Waals surface area (Å²) in [6.07, 6.45) is 0. The van der Waals surface area contributed by atoms with Gasteiger partial charge in [-0.05, 0) is 36.4 Å². The molecule has 1 atom stereocenters. The fourth-order valence-corrected chi connectivity index (χ4v) is 3.35. The van der Waals surface area contributed by atoms with Crippen LogP contribution >= 0.6 is 11.3 Å². The van der Waals surface area contributed by atoms with E-state index in [4.69, 9.17) is 0 Å². The van der Waals surface area contributed by atoms with Crippen molar-refractivity contribution in [3.8, 4) is 11.1 Å². The zero-order valence-electron chi connectivity index (χ0n) is 13.2. The Morgan fingerprint density at radius 2 is 1.70 bits per heavy atom. The quantitative estimate of drug-likeness (QED) is 0.702. The third-order valence-corrected chi connectivity index (χ3v) is 4.79. The smallest absolute Gasteiger partial charge is 0.262 e. The summed E-state index contributed by atoms with van der Waals surface area (Å²) in [5.74, 6) is -0.0214. The van der Waals surface area contributed by atoms with Crippen LogP contribution in [0.15, 0.2) is 66.0 Å². The van der Waals surface area contributed by atoms with E-state index in [2.05, 4.69) is 36.5 Å². The Kier molecular flexibility index (Phi) is 4.58. The second-order valence-electron chi connectivity index (χ2n) is 5.64. The second kappa shape index (κ2) is 6.80. The number of rotatable bonds is 4. The molecule has 0 aliphatic rings. The molecular weight excluding hydrogens is 302 g/mol. The summed E-state index contributed by atoms with van der Waals surface area (Å²) >= 11 is 1.48. The molecule has 1 amide bonds. The third-order valence-electron chi connectivity index (χ3n) is 3.88. The lowest BCUT2D eigenvalue weighted by atomic mass is 10.0. The summed E-state index contributed by atoms with van der Waals surface area (Å²) in [6, 6.07) is 20.3. The number of aryl methyl sites for hydroxylation is 1. The first-order chi connectivity index (χ1) is 11.1. The van der Waals surface area contributed by atoms with Crippen molar-refractivity contribution in [1.82, 2.24) is 5.32 Å². The Labute approximate surface area is 140 Å². The van der Waals surface area contributed by atoms with Crippen molar-refractivity contribution < 1.29 is 4.79 Å². The van der Waals surface area contributed by atoms with Gasteiger partial charge in [-0.25, -0.2) is 0 Å². The number of amides is 1. The molecule has 3 heteroatoms. The molecule has 23 heavy (non-hydrogen) atoms. The van der Waals surface area contributed by atoms with Crippen LogP contribution in [0.5, 0.6) is 0 Å². The molecule has 0 bridgehead atoms. The van der Waals surface area contributed by atoms with Crippen LogP contribution < -0.4 is 5.32 Å². The van der Waals surface area contributed by atoms with Crippen molar-refractivity contribution in [3.63, 3.8) is 0 Å². The Bertz CT molecular complexity index is 790. The number of hydrogen-bond donors (Lipinski definition) is 1. The maximum atomic E-state index is 12.6. The summed E-state index contributed by atoms with van der Waals surface area (Å²) in [5, 5.41) is 5.06. The predicted octanol–water partition coefficient (Wildman–Crippen LogP) is 5.21. The molecule has 2 aromatic carbocycles. The second-order valence-corrected chi connectivity index (χ2v) is 6.55. The first-order valence-corrected chi connectivity index (χ1v) is 8.53. The molecule has 0 radical (unpaired) electrons. The third kappa shape index (κ3) is 3.51. The predicted molar refractivity (Wildman–Crippen MR) is 96.8 cm³/mol. The number of carbonyl (C=O) groups excluding carboxylic acids is 1. The van der Waals surface area contributed by atoms with Crippen molar-refractivity contribution in [2.75, 3.05) is 0 Å². The highest BCUT2D eigenvalue weighted by Crippen LogP contribution is 2.29. The molecule has 3 rings (SSSR count). The molecule has 1 N–H and O–H groups in total. The monoisotopic (exact) mass is 321 g/mol. The summed E-state index contributed by atoms with van der Waals surface area (Å²) in [6.45, 7) is 4.07. The zero-order valence-corrected chi connectivity index (χ0v) is 14.1. The average Bonchev–Trinajstić information content (AvgIpc) is 3.06. The molecule has 0 fully saturated rings. The van der Waals surface area contributed by atoms with E-state index in [1.54, 1.807) is 0 Å². The van der Waals surface area contributed by atoms with E-state index in [0.717, 1.165) is 21.6 Å². The van der Waals surface area contributed by atoms with Gasteiger partial charge in [0.05, 0.1) is 10.9 Å². The van der Waals surface area contributed by atoms with E-state index in [9.17, 15) is 4.79 Å². The summed E-state index contributed by atoms with van der Waals surface area (Å²) in [5.41, 5.74) is 4.39. The molecule has 0 spiro atoms. The van der Waals surface area contributed by atoms with Crippen molar-refractivity contribution in [2.45, 2.75) is 19.9 Å². The summed E-state index contributed by atoms with van der Waals surface area (Å²) in [7, 11) is 0. The number of nitrogens with one attached hydrogen (secondary N) is 1. The standard InChI is InChI=1S/C20H19NOS/c1-14-8-10-17(11-9-14)18-12-13-23-19(18)20(22)21-15(2)16-6-4-3-5-7-16/h3-13,15H,1-2H3,(H,21,22)/t15-/m1/s1. The molecule has 116 valence electrons. The molecule has 3 aromatic rings. The van der Waals surface area contributed by atoms with Gasteiger partial charge in [-0.2, -0.15) is 0 Å². The first kappa shape index (κ1) is 15.5. The van der Waals surface area contributed by atoms with Crippen LogP contribution in [0.3, 0.4) is 0 Å². The van der Waals surface area contributed by atoms with Crippen LogP contribution in [-0.2, 0) is 0 Å². The molecule has 1 aromatic heterocycles. The Morgan fingerprint density at radius 1 is 1.00 bits per heavy atom. The van der Waals surface area contributed by atoms with Crippen LogP contribution in [0.1, 0.15) is 33.8 Å². The molecule has 1 heterocycles. The van der Waals surface area contributed by atoms with Gasteiger partial charge in [0.1, 0.15) is 0 Å². The van der Waals surface area contributed by atoms with Crippen LogP contribution in [0.25, 0.3) is 11.1 Å². The fourth-order valence-electron chi connectivity index (χ4n) is 2.53. The number of thiophene rings is 1. The van der Waals surface area contributed by atoms with Gasteiger partial charge < -0.3 is 5.32 Å². The molecular formula is C20H19NOS. The minimum Gasteiger partial charge on any atom is -0.345 e. The van der Waals surface area contributed by atoms with Crippen LogP contribution in [0.4, 0.5) is 0 Å². The number of benzene rings is 2. The van der Waals surface area contributed by atoms with Crippen molar-refractivity contribution in [2.24, 2.45) is 0 Å². The Morgan fingerprint density at radius 3 is 2.39 bits per heavy atom. The van der Waals surface area contributed by atoms with Gasteiger partial charge in [-0.3, -0.25) is 4.79 Å². The Hall–Kier alpha value is -2.39. The van der Waals surface area contributed by atoms with E-state index in [1.807, 2.05) is 48.7 Å². The fraction of sp³-hybridized carbons (Fsp3) is 0.150. The topological polar surface area (TPSA) is 29.1 Å². The highest BCUT2D eigenvalue weighted by Gasteiger charge is 2.17. The molecule has 0 aliphatic heterocycles. The van der Waals surface area contributed by atoms with Gasteiger partial charge in [-0.1, -0.05) is 60.2 Å². The molecule has 0 unspecified atom stereocenters. The van der Waals surface area contributed by atoms with Crippen LogP contribution in [0, 0.1) is 6.92 Å². The maximum absolute atomic E-state index is 12.6. The lowest BCUT2D eigenvalue weighted by molar-refractivity contribution is 0.0944. The molecule has 0 saturated heterocycles. The van der Waals surface area contributed by atoms with Gasteiger partial charge in [-0.15, -0.1) is 11.3 Å². The van der Waals surface area contributed by atoms with E-state index in [1.165, 1.54) is 16.9 Å². The van der Waals surface area contributed by atoms with Crippen molar-refractivity contribution in [3.05, 3.63) is 82.0 Å². The minimum absolute atomic E-state index is 0.0170. The first-order valence-electron chi connectivity index (χ1n) is 7.65. The molecule has 2 nitrogen and oxygen atoms in total. The van der Waals surface area contributed by atoms with E-state index in [-0.39, 0.29) is 11.9 Å². The summed E-state index contributed by atoms with van der Waals surface area (Å²) in [4.78, 5) is 13.4. The zero-order chi connectivity index (χ0) is 16.2. The number of carbonyl (C=O) groups is 1. The van der Waals surface area contributed by atoms with Gasteiger partial charge in [0.2, 0.25) is 0 Å². The van der Waals surface area contributed by atoms with E-state index >= 15 is 0 Å². The lowest BCUT2D eigenvalue weighted by Crippen LogP contribution is -2.26. The van der Waals surface area contributed by atoms with Crippen LogP contribution in [0.2, 0.25) is 0 Å².